The Labute approximate surface area is 217 Å². The number of hydrogen-bond acceptors (Lipinski definition) is 7. The number of likely N-dealkylation sites (tertiary alicyclic amines) is 1. The molecule has 8 nitrogen and oxygen atoms in total. The molecular formula is C28H23N3O5S. The molecule has 2 fully saturated rings. The van der Waals surface area contributed by atoms with Crippen molar-refractivity contribution in [1.29, 1.82) is 0 Å². The van der Waals surface area contributed by atoms with E-state index < -0.39 is 34.8 Å². The summed E-state index contributed by atoms with van der Waals surface area (Å²) in [6.45, 7) is 1.11. The number of aryl methyl sites for hydroxylation is 1. The van der Waals surface area contributed by atoms with Crippen molar-refractivity contribution >= 4 is 51.7 Å². The van der Waals surface area contributed by atoms with E-state index in [2.05, 4.69) is 4.99 Å². The molecule has 2 saturated heterocycles. The Bertz CT molecular complexity index is 1440. The van der Waals surface area contributed by atoms with E-state index in [4.69, 9.17) is 0 Å². The molecule has 9 heteroatoms. The first-order chi connectivity index (χ1) is 17.9. The van der Waals surface area contributed by atoms with E-state index in [1.54, 1.807) is 78.9 Å². The molecule has 0 aliphatic carbocycles. The molecule has 2 amide bonds. The Kier molecular flexibility index (Phi) is 6.41. The molecule has 0 aromatic heterocycles. The van der Waals surface area contributed by atoms with Crippen LogP contribution in [0, 0.1) is 6.92 Å². The van der Waals surface area contributed by atoms with Gasteiger partial charge in [0, 0.05) is 12.1 Å². The zero-order valence-electron chi connectivity index (χ0n) is 19.9. The van der Waals surface area contributed by atoms with Gasteiger partial charge in [-0.05, 0) is 43.0 Å². The number of anilines is 1. The smallest absolute Gasteiger partial charge is 0.296 e. The van der Waals surface area contributed by atoms with Crippen LogP contribution in [0.1, 0.15) is 11.1 Å². The second-order valence-electron chi connectivity index (χ2n) is 8.55. The lowest BCUT2D eigenvalue weighted by molar-refractivity contribution is -0.141. The number of benzene rings is 3. The van der Waals surface area contributed by atoms with Gasteiger partial charge < -0.3 is 15.1 Å². The summed E-state index contributed by atoms with van der Waals surface area (Å²) in [5.41, 5.74) is 1.93. The van der Waals surface area contributed by atoms with Crippen LogP contribution < -0.4 is 4.90 Å². The number of para-hydroxylation sites is 2. The minimum Gasteiger partial charge on any atom is -0.507 e. The molecule has 2 heterocycles. The highest BCUT2D eigenvalue weighted by Gasteiger charge is 2.67. The SMILES string of the molecule is Cc1ccc(/C(O)=C2\C(=O)C(=O)N(CCO)C23SC(=Nc2ccccc2)N(c2ccccc2)C3=O)cc1. The van der Waals surface area contributed by atoms with E-state index in [0.29, 0.717) is 16.9 Å². The van der Waals surface area contributed by atoms with Crippen LogP contribution in [0.3, 0.4) is 0 Å². The molecule has 1 spiro atoms. The van der Waals surface area contributed by atoms with Crippen molar-refractivity contribution in [2.75, 3.05) is 18.1 Å². The summed E-state index contributed by atoms with van der Waals surface area (Å²) in [6.07, 6.45) is 0. The first kappa shape index (κ1) is 24.5. The molecule has 2 aliphatic rings. The number of hydrogen-bond donors (Lipinski definition) is 2. The average molecular weight is 514 g/mol. The van der Waals surface area contributed by atoms with E-state index in [1.165, 1.54) is 4.90 Å². The van der Waals surface area contributed by atoms with Crippen LogP contribution in [0.5, 0.6) is 0 Å². The van der Waals surface area contributed by atoms with Crippen molar-refractivity contribution in [3.8, 4) is 0 Å². The lowest BCUT2D eigenvalue weighted by Gasteiger charge is -2.31. The summed E-state index contributed by atoms with van der Waals surface area (Å²) in [5, 5.41) is 21.3. The monoisotopic (exact) mass is 513 g/mol. The number of Topliss-reactive ketones (excluding diaryl/α,β-unsaturated/α-hetero) is 1. The lowest BCUT2D eigenvalue weighted by atomic mass is 9.98. The second-order valence-corrected chi connectivity index (χ2v) is 9.71. The standard InChI is InChI=1S/C28H23N3O5S/c1-18-12-14-19(15-13-18)23(33)22-24(34)25(35)30(16-17-32)28(22)26(36)31(21-10-6-3-7-11-21)27(37-28)29-20-8-4-2-5-9-20/h2-15,32-33H,16-17H2,1H3/b23-22-,29-27?. The summed E-state index contributed by atoms with van der Waals surface area (Å²) < 4.78 is 0. The highest BCUT2D eigenvalue weighted by molar-refractivity contribution is 8.17. The number of rotatable bonds is 5. The van der Waals surface area contributed by atoms with Gasteiger partial charge in [-0.3, -0.25) is 19.3 Å². The van der Waals surface area contributed by atoms with Gasteiger partial charge in [0.25, 0.3) is 17.6 Å². The van der Waals surface area contributed by atoms with Crippen molar-refractivity contribution in [2.24, 2.45) is 4.99 Å². The third-order valence-electron chi connectivity index (χ3n) is 6.19. The average Bonchev–Trinajstić information content (AvgIpc) is 3.30. The predicted molar refractivity (Wildman–Crippen MR) is 142 cm³/mol. The summed E-state index contributed by atoms with van der Waals surface area (Å²) in [4.78, 5) is 46.0. The van der Waals surface area contributed by atoms with E-state index in [1.807, 2.05) is 13.0 Å². The Morgan fingerprint density at radius 2 is 1.54 bits per heavy atom. The number of carbonyl (C=O) groups is 3. The molecule has 2 aliphatic heterocycles. The number of amides is 2. The lowest BCUT2D eigenvalue weighted by Crippen LogP contribution is -2.52. The molecule has 5 rings (SSSR count). The quantitative estimate of drug-likeness (QED) is 0.305. The molecule has 0 bridgehead atoms. The fourth-order valence-electron chi connectivity index (χ4n) is 4.42. The van der Waals surface area contributed by atoms with Gasteiger partial charge in [-0.15, -0.1) is 0 Å². The number of carbonyl (C=O) groups excluding carboxylic acids is 3. The number of aliphatic imine (C=N–C) groups is 1. The highest BCUT2D eigenvalue weighted by Crippen LogP contribution is 2.52. The van der Waals surface area contributed by atoms with Crippen LogP contribution in [0.25, 0.3) is 5.76 Å². The molecule has 186 valence electrons. The first-order valence-corrected chi connectivity index (χ1v) is 12.4. The van der Waals surface area contributed by atoms with E-state index in [0.717, 1.165) is 22.2 Å². The van der Waals surface area contributed by atoms with Gasteiger partial charge in [-0.1, -0.05) is 66.2 Å². The number of amidine groups is 1. The topological polar surface area (TPSA) is 111 Å². The van der Waals surface area contributed by atoms with Crippen molar-refractivity contribution in [3.05, 3.63) is 102 Å². The van der Waals surface area contributed by atoms with Gasteiger partial charge in [0.15, 0.2) is 5.17 Å². The maximum Gasteiger partial charge on any atom is 0.296 e. The third-order valence-corrected chi connectivity index (χ3v) is 7.54. The van der Waals surface area contributed by atoms with Crippen LogP contribution in [-0.4, -0.2) is 55.9 Å². The number of aliphatic hydroxyl groups is 2. The molecular weight excluding hydrogens is 490 g/mol. The Balaban J connectivity index is 1.77. The third kappa shape index (κ3) is 4.02. The summed E-state index contributed by atoms with van der Waals surface area (Å²) in [7, 11) is 0. The van der Waals surface area contributed by atoms with Gasteiger partial charge >= 0.3 is 0 Å². The maximum absolute atomic E-state index is 14.4. The van der Waals surface area contributed by atoms with Gasteiger partial charge in [0.05, 0.1) is 23.6 Å². The second kappa shape index (κ2) is 9.68. The van der Waals surface area contributed by atoms with Crippen LogP contribution in [-0.2, 0) is 14.4 Å². The summed E-state index contributed by atoms with van der Waals surface area (Å²) in [6, 6.07) is 24.5. The molecule has 0 radical (unpaired) electrons. The van der Waals surface area contributed by atoms with Crippen LogP contribution in [0.4, 0.5) is 11.4 Å². The normalized spacial score (nSPS) is 22.0. The Morgan fingerprint density at radius 1 is 0.919 bits per heavy atom. The van der Waals surface area contributed by atoms with E-state index >= 15 is 0 Å². The van der Waals surface area contributed by atoms with Gasteiger partial charge in [-0.25, -0.2) is 4.99 Å². The zero-order valence-corrected chi connectivity index (χ0v) is 20.7. The molecule has 37 heavy (non-hydrogen) atoms. The van der Waals surface area contributed by atoms with Crippen LogP contribution in [0.15, 0.2) is 95.5 Å². The van der Waals surface area contributed by atoms with Crippen molar-refractivity contribution < 1.29 is 24.6 Å². The van der Waals surface area contributed by atoms with Gasteiger partial charge in [0.1, 0.15) is 5.76 Å². The molecule has 1 atom stereocenters. The van der Waals surface area contributed by atoms with Crippen molar-refractivity contribution in [3.63, 3.8) is 0 Å². The number of aliphatic hydroxyl groups excluding tert-OH is 2. The van der Waals surface area contributed by atoms with Gasteiger partial charge in [-0.2, -0.15) is 0 Å². The summed E-state index contributed by atoms with van der Waals surface area (Å²) in [5.74, 6) is -3.08. The van der Waals surface area contributed by atoms with Crippen molar-refractivity contribution in [2.45, 2.75) is 11.8 Å². The Hall–Kier alpha value is -4.21. The summed E-state index contributed by atoms with van der Waals surface area (Å²) >= 11 is 0.898. The fraction of sp³-hybridized carbons (Fsp3) is 0.143. The number of ketones is 1. The highest BCUT2D eigenvalue weighted by atomic mass is 32.2. The van der Waals surface area contributed by atoms with Gasteiger partial charge in [0.2, 0.25) is 4.87 Å². The molecule has 2 N–H and O–H groups in total. The molecule has 0 saturated carbocycles. The Morgan fingerprint density at radius 3 is 2.16 bits per heavy atom. The largest absolute Gasteiger partial charge is 0.507 e. The number of thioether (sulfide) groups is 1. The zero-order chi connectivity index (χ0) is 26.2. The van der Waals surface area contributed by atoms with Crippen LogP contribution in [0.2, 0.25) is 0 Å². The number of nitrogens with zero attached hydrogens (tertiary/aromatic N) is 3. The maximum atomic E-state index is 14.4. The van der Waals surface area contributed by atoms with Crippen molar-refractivity contribution in [1.82, 2.24) is 4.90 Å². The minimum atomic E-state index is -1.95. The molecule has 3 aromatic rings. The predicted octanol–water partition coefficient (Wildman–Crippen LogP) is 3.83. The molecule has 3 aromatic carbocycles. The van der Waals surface area contributed by atoms with Crippen LogP contribution >= 0.6 is 11.8 Å². The van der Waals surface area contributed by atoms with E-state index in [-0.39, 0.29) is 17.3 Å². The van der Waals surface area contributed by atoms with E-state index in [9.17, 15) is 24.6 Å². The number of β-amino-alcohol motifs (C(OH)–C–C–N with tert-alkyl or cyclic N) is 1. The fourth-order valence-corrected chi connectivity index (χ4v) is 5.87. The first-order valence-electron chi connectivity index (χ1n) is 11.6. The minimum absolute atomic E-state index is 0.224. The molecule has 1 unspecified atom stereocenters.